The number of hydrogen-bond acceptors (Lipinski definition) is 9. The largest absolute Gasteiger partial charge is 0.325 e. The second-order valence-corrected chi connectivity index (χ2v) is 11.0. The Labute approximate surface area is 220 Å². The van der Waals surface area contributed by atoms with E-state index in [1.54, 1.807) is 11.6 Å². The Morgan fingerprint density at radius 2 is 1.70 bits per heavy atom. The number of carbonyl (C=O) groups is 1. The highest BCUT2D eigenvalue weighted by atomic mass is 32.2. The van der Waals surface area contributed by atoms with E-state index in [1.807, 2.05) is 53.1 Å². The lowest BCUT2D eigenvalue weighted by Crippen LogP contribution is -2.15. The van der Waals surface area contributed by atoms with Crippen molar-refractivity contribution in [2.45, 2.75) is 10.1 Å². The van der Waals surface area contributed by atoms with Gasteiger partial charge in [-0.05, 0) is 48.5 Å². The fourth-order valence-electron chi connectivity index (χ4n) is 3.33. The summed E-state index contributed by atoms with van der Waals surface area (Å²) in [6.07, 6.45) is 3.20. The average Bonchev–Trinajstić information content (AvgIpc) is 3.58. The topological polar surface area (TPSA) is 132 Å². The van der Waals surface area contributed by atoms with Crippen molar-refractivity contribution in [2.24, 2.45) is 0 Å². The van der Waals surface area contributed by atoms with Crippen LogP contribution in [-0.4, -0.2) is 44.8 Å². The predicted molar refractivity (Wildman–Crippen MR) is 143 cm³/mol. The molecule has 5 rings (SSSR count). The number of anilines is 2. The van der Waals surface area contributed by atoms with E-state index < -0.39 is 10.0 Å². The molecule has 3 heterocycles. The van der Waals surface area contributed by atoms with Gasteiger partial charge in [0.15, 0.2) is 16.1 Å². The number of nitrogens with one attached hydrogen (secondary N) is 2. The maximum absolute atomic E-state index is 12.7. The van der Waals surface area contributed by atoms with Crippen molar-refractivity contribution in [2.75, 3.05) is 15.8 Å². The van der Waals surface area contributed by atoms with Crippen LogP contribution in [0.3, 0.4) is 0 Å². The number of thiazole rings is 1. The minimum absolute atomic E-state index is 0.0630. The van der Waals surface area contributed by atoms with Crippen molar-refractivity contribution in [1.82, 2.24) is 24.7 Å². The van der Waals surface area contributed by atoms with Crippen LogP contribution >= 0.6 is 23.1 Å². The molecule has 5 aromatic rings. The van der Waals surface area contributed by atoms with Gasteiger partial charge < -0.3 is 5.32 Å². The molecule has 0 saturated carbocycles. The van der Waals surface area contributed by atoms with Crippen molar-refractivity contribution in [1.29, 1.82) is 0 Å². The standard InChI is InChI=1S/C24H19N7O3S3/c32-21(27-17-9-11-19(12-10-17)37(33,34)30-23-26-14-15-35-23)16-36-24-29-28-22(20-8-4-5-13-25-20)31(24)18-6-2-1-3-7-18/h1-15H,16H2,(H,26,30)(H,27,32). The lowest BCUT2D eigenvalue weighted by atomic mass is 10.3. The maximum atomic E-state index is 12.7. The number of para-hydroxylation sites is 1. The van der Waals surface area contributed by atoms with Gasteiger partial charge in [0.1, 0.15) is 5.69 Å². The molecule has 0 unspecified atom stereocenters. The summed E-state index contributed by atoms with van der Waals surface area (Å²) in [7, 11) is -3.77. The van der Waals surface area contributed by atoms with Crippen LogP contribution in [0.2, 0.25) is 0 Å². The first-order valence-corrected chi connectivity index (χ1v) is 14.2. The molecule has 0 atom stereocenters. The first-order chi connectivity index (χ1) is 18.0. The third kappa shape index (κ3) is 5.85. The summed E-state index contributed by atoms with van der Waals surface area (Å²) in [6.45, 7) is 0. The normalized spacial score (nSPS) is 11.2. The van der Waals surface area contributed by atoms with Gasteiger partial charge in [0, 0.05) is 29.1 Å². The second-order valence-electron chi connectivity index (χ2n) is 7.50. The zero-order chi connectivity index (χ0) is 25.7. The SMILES string of the molecule is O=C(CSc1nnc(-c2ccccn2)n1-c1ccccc1)Nc1ccc(S(=O)(=O)Nc2nccs2)cc1. The van der Waals surface area contributed by atoms with Crippen LogP contribution in [0.25, 0.3) is 17.2 Å². The van der Waals surface area contributed by atoms with Crippen LogP contribution in [0.1, 0.15) is 0 Å². The molecular weight excluding hydrogens is 531 g/mol. The summed E-state index contributed by atoms with van der Waals surface area (Å²) >= 11 is 2.42. The lowest BCUT2D eigenvalue weighted by molar-refractivity contribution is -0.113. The van der Waals surface area contributed by atoms with E-state index in [0.717, 1.165) is 5.69 Å². The van der Waals surface area contributed by atoms with Gasteiger partial charge in [-0.15, -0.1) is 21.5 Å². The van der Waals surface area contributed by atoms with Crippen LogP contribution in [0.15, 0.2) is 101 Å². The molecular formula is C24H19N7O3S3. The van der Waals surface area contributed by atoms with Crippen LogP contribution in [0.5, 0.6) is 0 Å². The van der Waals surface area contributed by atoms with E-state index >= 15 is 0 Å². The van der Waals surface area contributed by atoms with Gasteiger partial charge in [0.25, 0.3) is 10.0 Å². The molecule has 0 aliphatic heterocycles. The minimum Gasteiger partial charge on any atom is -0.325 e. The molecule has 2 N–H and O–H groups in total. The van der Waals surface area contributed by atoms with E-state index in [9.17, 15) is 13.2 Å². The third-order valence-corrected chi connectivity index (χ3v) is 8.08. The Morgan fingerprint density at radius 3 is 2.41 bits per heavy atom. The van der Waals surface area contributed by atoms with Crippen LogP contribution < -0.4 is 10.0 Å². The number of sulfonamides is 1. The average molecular weight is 550 g/mol. The van der Waals surface area contributed by atoms with Crippen molar-refractivity contribution in [3.05, 3.63) is 90.6 Å². The van der Waals surface area contributed by atoms with Crippen LogP contribution in [-0.2, 0) is 14.8 Å². The number of benzene rings is 2. The number of aromatic nitrogens is 5. The van der Waals surface area contributed by atoms with Crippen molar-refractivity contribution in [3.8, 4) is 17.2 Å². The number of amides is 1. The molecule has 0 spiro atoms. The molecule has 10 nitrogen and oxygen atoms in total. The first kappa shape index (κ1) is 24.6. The third-order valence-electron chi connectivity index (χ3n) is 4.98. The Bertz CT molecular complexity index is 1590. The quantitative estimate of drug-likeness (QED) is 0.260. The summed E-state index contributed by atoms with van der Waals surface area (Å²) in [5.74, 6) is 0.361. The summed E-state index contributed by atoms with van der Waals surface area (Å²) in [4.78, 5) is 21.0. The molecule has 0 bridgehead atoms. The molecule has 0 fully saturated rings. The monoisotopic (exact) mass is 549 g/mol. The predicted octanol–water partition coefficient (Wildman–Crippen LogP) is 4.32. The number of thioether (sulfide) groups is 1. The van der Waals surface area contributed by atoms with Gasteiger partial charge in [-0.3, -0.25) is 19.1 Å². The number of hydrogen-bond donors (Lipinski definition) is 2. The van der Waals surface area contributed by atoms with Crippen LogP contribution in [0, 0.1) is 0 Å². The molecule has 37 heavy (non-hydrogen) atoms. The van der Waals surface area contributed by atoms with Crippen molar-refractivity contribution in [3.63, 3.8) is 0 Å². The summed E-state index contributed by atoms with van der Waals surface area (Å²) < 4.78 is 29.3. The van der Waals surface area contributed by atoms with E-state index in [2.05, 4.69) is 30.2 Å². The lowest BCUT2D eigenvalue weighted by Gasteiger charge is -2.10. The number of rotatable bonds is 9. The fourth-order valence-corrected chi connectivity index (χ4v) is 5.87. The fraction of sp³-hybridized carbons (Fsp3) is 0.0417. The molecule has 13 heteroatoms. The van der Waals surface area contributed by atoms with E-state index in [-0.39, 0.29) is 21.7 Å². The molecule has 0 aliphatic carbocycles. The van der Waals surface area contributed by atoms with Gasteiger partial charge in [-0.1, -0.05) is 36.0 Å². The molecule has 2 aromatic carbocycles. The number of carbonyl (C=O) groups excluding carboxylic acids is 1. The van der Waals surface area contributed by atoms with Gasteiger partial charge in [0.2, 0.25) is 5.91 Å². The van der Waals surface area contributed by atoms with Crippen LogP contribution in [0.4, 0.5) is 10.8 Å². The Balaban J connectivity index is 1.27. The van der Waals surface area contributed by atoms with Gasteiger partial charge in [-0.25, -0.2) is 13.4 Å². The first-order valence-electron chi connectivity index (χ1n) is 10.9. The zero-order valence-corrected chi connectivity index (χ0v) is 21.5. The molecule has 0 aliphatic rings. The molecule has 0 radical (unpaired) electrons. The summed E-state index contributed by atoms with van der Waals surface area (Å²) in [5.41, 5.74) is 1.98. The number of pyridine rings is 1. The molecule has 186 valence electrons. The molecule has 3 aromatic heterocycles. The highest BCUT2D eigenvalue weighted by molar-refractivity contribution is 7.99. The Morgan fingerprint density at radius 1 is 0.919 bits per heavy atom. The smallest absolute Gasteiger partial charge is 0.263 e. The zero-order valence-electron chi connectivity index (χ0n) is 19.1. The maximum Gasteiger partial charge on any atom is 0.263 e. The van der Waals surface area contributed by atoms with Gasteiger partial charge in [0.05, 0.1) is 10.6 Å². The Hall–Kier alpha value is -4.07. The van der Waals surface area contributed by atoms with Crippen molar-refractivity contribution >= 4 is 49.8 Å². The van der Waals surface area contributed by atoms with E-state index in [1.165, 1.54) is 53.6 Å². The highest BCUT2D eigenvalue weighted by Crippen LogP contribution is 2.27. The van der Waals surface area contributed by atoms with Gasteiger partial charge in [-0.2, -0.15) is 0 Å². The Kier molecular flexibility index (Phi) is 7.25. The van der Waals surface area contributed by atoms with Gasteiger partial charge >= 0.3 is 0 Å². The van der Waals surface area contributed by atoms with Crippen molar-refractivity contribution < 1.29 is 13.2 Å². The highest BCUT2D eigenvalue weighted by Gasteiger charge is 2.19. The van der Waals surface area contributed by atoms with E-state index in [0.29, 0.717) is 22.4 Å². The summed E-state index contributed by atoms with van der Waals surface area (Å²) in [5, 5.41) is 13.9. The molecule has 0 saturated heterocycles. The van der Waals surface area contributed by atoms with E-state index in [4.69, 9.17) is 0 Å². The summed E-state index contributed by atoms with van der Waals surface area (Å²) in [6, 6.07) is 21.1. The molecule has 1 amide bonds. The minimum atomic E-state index is -3.77. The second kappa shape index (κ2) is 10.9. The number of nitrogens with zero attached hydrogens (tertiary/aromatic N) is 5.